The molecule has 0 radical (unpaired) electrons. The quantitative estimate of drug-likeness (QED) is 0.386. The van der Waals surface area contributed by atoms with E-state index in [-0.39, 0.29) is 5.41 Å². The van der Waals surface area contributed by atoms with E-state index in [2.05, 4.69) is 30.4 Å². The van der Waals surface area contributed by atoms with Gasteiger partial charge in [-0.15, -0.1) is 33.2 Å². The van der Waals surface area contributed by atoms with Crippen molar-refractivity contribution in [2.75, 3.05) is 0 Å². The molecule has 21 heavy (non-hydrogen) atoms. The smallest absolute Gasteiger partial charge is 0.150 e. The lowest BCUT2D eigenvalue weighted by Gasteiger charge is -2.34. The van der Waals surface area contributed by atoms with Gasteiger partial charge in [0.05, 0.1) is 0 Å². The van der Waals surface area contributed by atoms with Gasteiger partial charge in [-0.3, -0.25) is 0 Å². The van der Waals surface area contributed by atoms with E-state index in [1.165, 1.54) is 11.1 Å². The van der Waals surface area contributed by atoms with Crippen molar-refractivity contribution in [3.8, 4) is 0 Å². The van der Waals surface area contributed by atoms with E-state index >= 15 is 0 Å². The van der Waals surface area contributed by atoms with Crippen molar-refractivity contribution in [2.45, 2.75) is 18.5 Å². The summed E-state index contributed by atoms with van der Waals surface area (Å²) in [6.07, 6.45) is 7.27. The van der Waals surface area contributed by atoms with Crippen molar-refractivity contribution in [3.05, 3.63) is 54.1 Å². The van der Waals surface area contributed by atoms with Crippen molar-refractivity contribution >= 4 is 74.4 Å². The molecule has 0 heterocycles. The zero-order chi connectivity index (χ0) is 15.5. The third-order valence-corrected chi connectivity index (χ3v) is 7.92. The molecule has 0 aromatic heterocycles. The molecular weight excluding hydrogens is 402 g/mol. The summed E-state index contributed by atoms with van der Waals surface area (Å²) in [5.74, 6) is 0. The monoisotopic (exact) mass is 414 g/mol. The normalized spacial score (nSPS) is 22.5. The third kappa shape index (κ3) is 5.61. The first kappa shape index (κ1) is 17.9. The van der Waals surface area contributed by atoms with Gasteiger partial charge in [-0.05, 0) is 35.1 Å². The summed E-state index contributed by atoms with van der Waals surface area (Å²) < 4.78 is 0. The second kappa shape index (κ2) is 7.44. The van der Waals surface area contributed by atoms with Crippen molar-refractivity contribution in [3.63, 3.8) is 0 Å². The van der Waals surface area contributed by atoms with Gasteiger partial charge < -0.3 is 0 Å². The molecule has 1 aromatic carbocycles. The molecule has 1 aliphatic rings. The van der Waals surface area contributed by atoms with E-state index in [0.29, 0.717) is 6.04 Å². The predicted molar refractivity (Wildman–Crippen MR) is 102 cm³/mol. The average molecular weight is 417 g/mol. The molecule has 0 nitrogen and oxygen atoms in total. The highest BCUT2D eigenvalue weighted by Gasteiger charge is 2.40. The minimum atomic E-state index is -2.74. The third-order valence-electron chi connectivity index (χ3n) is 3.57. The fourth-order valence-electron chi connectivity index (χ4n) is 2.62. The van der Waals surface area contributed by atoms with Crippen LogP contribution in [0, 0.1) is 5.41 Å². The average Bonchev–Trinajstić information content (AvgIpc) is 2.37. The number of rotatable bonds is 5. The van der Waals surface area contributed by atoms with Crippen molar-refractivity contribution in [2.24, 2.45) is 5.41 Å². The Balaban J connectivity index is 2.21. The van der Waals surface area contributed by atoms with Crippen LogP contribution in [0.2, 0.25) is 12.1 Å². The largest absolute Gasteiger partial charge is 0.342 e. The highest BCUT2D eigenvalue weighted by Crippen LogP contribution is 2.47. The molecule has 0 spiro atoms. The van der Waals surface area contributed by atoms with Gasteiger partial charge in [0.15, 0.2) is 0 Å². The molecule has 1 atom stereocenters. The lowest BCUT2D eigenvalue weighted by molar-refractivity contribution is 0.481. The number of allylic oxidation sites excluding steroid dienone is 4. The van der Waals surface area contributed by atoms with Gasteiger partial charge in [0.2, 0.25) is 7.42 Å². The van der Waals surface area contributed by atoms with E-state index in [9.17, 15) is 0 Å². The van der Waals surface area contributed by atoms with Crippen LogP contribution in [0.15, 0.2) is 48.6 Å². The van der Waals surface area contributed by atoms with E-state index < -0.39 is 13.4 Å². The molecule has 2 rings (SSSR count). The van der Waals surface area contributed by atoms with Crippen LogP contribution < -0.4 is 0 Å². The number of halogens is 5. The molecule has 0 aliphatic heterocycles. The molecule has 1 unspecified atom stereocenters. The van der Waals surface area contributed by atoms with Crippen molar-refractivity contribution in [1.29, 1.82) is 0 Å². The SMILES string of the molecule is Cl[SiH](Cl)CC1(C[Si](Cl)(Cl)Cl)C=CC(c2ccccc2)=CC1. The van der Waals surface area contributed by atoms with E-state index in [4.69, 9.17) is 55.4 Å². The first-order chi connectivity index (χ1) is 9.80. The Morgan fingerprint density at radius 3 is 2.24 bits per heavy atom. The van der Waals surface area contributed by atoms with Crippen LogP contribution in [0.5, 0.6) is 0 Å². The van der Waals surface area contributed by atoms with Crippen LogP contribution in [0.4, 0.5) is 0 Å². The van der Waals surface area contributed by atoms with Gasteiger partial charge in [-0.25, -0.2) is 0 Å². The summed E-state index contributed by atoms with van der Waals surface area (Å²) in [6.45, 7) is 0. The minimum absolute atomic E-state index is 0.198. The predicted octanol–water partition coefficient (Wildman–Crippen LogP) is 6.37. The van der Waals surface area contributed by atoms with Gasteiger partial charge in [0.1, 0.15) is 0 Å². The number of benzene rings is 1. The fourth-order valence-corrected chi connectivity index (χ4v) is 9.42. The van der Waals surface area contributed by atoms with Crippen LogP contribution >= 0.6 is 55.4 Å². The minimum Gasteiger partial charge on any atom is -0.150 e. The first-order valence-corrected chi connectivity index (χ1v) is 16.1. The first-order valence-electron chi connectivity index (χ1n) is 6.59. The molecule has 7 heteroatoms. The Morgan fingerprint density at radius 1 is 1.10 bits per heavy atom. The highest BCUT2D eigenvalue weighted by atomic mass is 35.8. The molecular formula is C14H15Cl5Si2. The molecule has 0 saturated carbocycles. The van der Waals surface area contributed by atoms with Crippen molar-refractivity contribution < 1.29 is 0 Å². The van der Waals surface area contributed by atoms with Crippen molar-refractivity contribution in [1.82, 2.24) is 0 Å². The topological polar surface area (TPSA) is 0 Å². The van der Waals surface area contributed by atoms with E-state index in [1.807, 2.05) is 18.2 Å². The molecule has 0 amide bonds. The van der Waals surface area contributed by atoms with E-state index in [0.717, 1.165) is 12.5 Å². The van der Waals surface area contributed by atoms with Gasteiger partial charge in [-0.2, -0.15) is 22.2 Å². The summed E-state index contributed by atoms with van der Waals surface area (Å²) in [4.78, 5) is 0. The molecule has 0 bridgehead atoms. The highest BCUT2D eigenvalue weighted by molar-refractivity contribution is 7.64. The van der Waals surface area contributed by atoms with Crippen LogP contribution in [-0.4, -0.2) is 13.4 Å². The molecule has 114 valence electrons. The van der Waals surface area contributed by atoms with Crippen LogP contribution in [-0.2, 0) is 0 Å². The Morgan fingerprint density at radius 2 is 1.76 bits per heavy atom. The van der Waals surface area contributed by atoms with Crippen LogP contribution in [0.25, 0.3) is 5.57 Å². The van der Waals surface area contributed by atoms with Crippen LogP contribution in [0.3, 0.4) is 0 Å². The van der Waals surface area contributed by atoms with Gasteiger partial charge >= 0.3 is 6.00 Å². The number of hydrogen-bond donors (Lipinski definition) is 0. The lowest BCUT2D eigenvalue weighted by Crippen LogP contribution is -2.29. The second-order valence-corrected chi connectivity index (χ2v) is 19.5. The zero-order valence-corrected chi connectivity index (χ0v) is 17.1. The number of hydrogen-bond acceptors (Lipinski definition) is 0. The summed E-state index contributed by atoms with van der Waals surface area (Å²) in [6, 6.07) is 8.79. The van der Waals surface area contributed by atoms with Gasteiger partial charge in [0, 0.05) is 0 Å². The maximum Gasteiger partial charge on any atom is 0.342 e. The molecule has 0 fully saturated rings. The second-order valence-electron chi connectivity index (χ2n) is 5.31. The molecule has 0 saturated heterocycles. The standard InChI is InChI=1S/C14H15Cl5Si2/c15-20(16)10-14(11-21(17,18)19)8-6-13(7-9-14)12-4-2-1-3-5-12/h1-8,20H,9-11H2. The molecule has 0 N–H and O–H groups in total. The Kier molecular flexibility index (Phi) is 6.35. The van der Waals surface area contributed by atoms with Crippen LogP contribution in [0.1, 0.15) is 12.0 Å². The van der Waals surface area contributed by atoms with E-state index in [1.54, 1.807) is 0 Å². The van der Waals surface area contributed by atoms with Gasteiger partial charge in [-0.1, -0.05) is 48.6 Å². The summed E-state index contributed by atoms with van der Waals surface area (Å²) >= 11 is 30.6. The molecule has 1 aliphatic carbocycles. The molecule has 1 aromatic rings. The summed E-state index contributed by atoms with van der Waals surface area (Å²) in [5.41, 5.74) is 2.19. The fraction of sp³-hybridized carbons (Fsp3) is 0.286. The Hall–Kier alpha value is 0.584. The maximum absolute atomic E-state index is 6.14. The summed E-state index contributed by atoms with van der Waals surface area (Å²) in [5, 5.41) is 0. The zero-order valence-electron chi connectivity index (χ0n) is 11.2. The lowest BCUT2D eigenvalue weighted by atomic mass is 9.82. The van der Waals surface area contributed by atoms with Gasteiger partial charge in [0.25, 0.3) is 0 Å². The maximum atomic E-state index is 6.14. The summed E-state index contributed by atoms with van der Waals surface area (Å²) in [7, 11) is -1.78. The Bertz CT molecular complexity index is 536. The Labute approximate surface area is 151 Å².